The number of phosphoric acid groups is 1. The van der Waals surface area contributed by atoms with Crippen LogP contribution in [-0.4, -0.2) is 24.0 Å². The van der Waals surface area contributed by atoms with Crippen molar-refractivity contribution in [1.82, 2.24) is 0 Å². The molecular formula is C24H38NO5P. The molecule has 3 N–H and O–H groups in total. The molecular weight excluding hydrogens is 413 g/mol. The molecule has 0 aromatic carbocycles. The first kappa shape index (κ1) is 29.0. The number of phosphoric ester groups is 1. The minimum Gasteiger partial charge on any atom is -0.367 e. The predicted molar refractivity (Wildman–Crippen MR) is 128 cm³/mol. The number of rotatable bonds is 18. The number of allylic oxidation sites excluding steroid dienone is 11. The number of hydrogen-bond donors (Lipinski definition) is 2. The largest absolute Gasteiger partial charge is 0.529 e. The van der Waals surface area contributed by atoms with Crippen LogP contribution in [0.2, 0.25) is 0 Å². The Bertz CT molecular complexity index is 677. The fraction of sp³-hybridized carbons (Fsp3) is 0.458. The van der Waals surface area contributed by atoms with Gasteiger partial charge in [-0.2, -0.15) is 0 Å². The van der Waals surface area contributed by atoms with E-state index in [1.54, 1.807) is 18.2 Å². The Morgan fingerprint density at radius 2 is 1.35 bits per heavy atom. The number of unbranched alkanes of at least 4 members (excludes halogenated alkanes) is 7. The first-order chi connectivity index (χ1) is 15.0. The van der Waals surface area contributed by atoms with Crippen LogP contribution in [0.4, 0.5) is 0 Å². The second kappa shape index (κ2) is 21.3. The van der Waals surface area contributed by atoms with E-state index in [1.165, 1.54) is 51.0 Å². The lowest BCUT2D eigenvalue weighted by molar-refractivity contribution is -0.130. The lowest BCUT2D eigenvalue weighted by Gasteiger charge is -2.08. The van der Waals surface area contributed by atoms with Crippen LogP contribution in [0.1, 0.15) is 58.3 Å². The predicted octanol–water partition coefficient (Wildman–Crippen LogP) is 6.08. The van der Waals surface area contributed by atoms with Crippen LogP contribution in [0.5, 0.6) is 0 Å². The van der Waals surface area contributed by atoms with Crippen LogP contribution in [0.3, 0.4) is 0 Å². The van der Waals surface area contributed by atoms with Crippen molar-refractivity contribution in [3.8, 4) is 0 Å². The number of hydrogen-bond acceptors (Lipinski definition) is 5. The van der Waals surface area contributed by atoms with Gasteiger partial charge in [-0.3, -0.25) is 9.42 Å². The maximum atomic E-state index is 11.4. The van der Waals surface area contributed by atoms with Gasteiger partial charge in [0.15, 0.2) is 0 Å². The van der Waals surface area contributed by atoms with E-state index in [0.29, 0.717) is 0 Å². The van der Waals surface area contributed by atoms with E-state index in [-0.39, 0.29) is 13.2 Å². The quantitative estimate of drug-likeness (QED) is 0.113. The SMILES string of the molecule is CCCCCCCCCC=CC=CC=CC=CC=CC=CC(=O)OP(=O)(O)OCCN. The molecule has 0 bridgehead atoms. The molecule has 0 fully saturated rings. The van der Waals surface area contributed by atoms with Crippen LogP contribution in [0, 0.1) is 0 Å². The summed E-state index contributed by atoms with van der Waals surface area (Å²) in [4.78, 5) is 20.6. The van der Waals surface area contributed by atoms with Gasteiger partial charge in [-0.1, -0.05) is 112 Å². The molecule has 0 saturated carbocycles. The zero-order chi connectivity index (χ0) is 23.0. The molecule has 0 radical (unpaired) electrons. The average Bonchev–Trinajstić information content (AvgIpc) is 2.73. The molecule has 0 heterocycles. The molecule has 7 heteroatoms. The van der Waals surface area contributed by atoms with E-state index in [9.17, 15) is 14.3 Å². The Hall–Kier alpha value is -1.98. The molecule has 0 aromatic rings. The molecule has 0 saturated heterocycles. The second-order valence-corrected chi connectivity index (χ2v) is 8.12. The van der Waals surface area contributed by atoms with Crippen LogP contribution < -0.4 is 5.73 Å². The summed E-state index contributed by atoms with van der Waals surface area (Å²) in [6, 6.07) is 0. The van der Waals surface area contributed by atoms with Crippen molar-refractivity contribution in [2.75, 3.05) is 13.2 Å². The molecule has 1 unspecified atom stereocenters. The highest BCUT2D eigenvalue weighted by atomic mass is 31.2. The van der Waals surface area contributed by atoms with Gasteiger partial charge in [-0.25, -0.2) is 9.36 Å². The molecule has 1 atom stereocenters. The maximum Gasteiger partial charge on any atom is 0.529 e. The standard InChI is InChI=1S/C24H38NO5P/c1-2-3-4-5-6-7-8-9-10-11-12-13-14-15-16-17-18-19-20-21-24(26)30-31(27,28)29-23-22-25/h10-21H,2-9,22-23,25H2,1H3,(H,27,28). The molecule has 0 spiro atoms. The summed E-state index contributed by atoms with van der Waals surface area (Å²) in [6.45, 7) is 2.12. The summed E-state index contributed by atoms with van der Waals surface area (Å²) in [5.74, 6) is -0.971. The fourth-order valence-electron chi connectivity index (χ4n) is 2.38. The average molecular weight is 452 g/mol. The molecule has 0 amide bonds. The first-order valence-electron chi connectivity index (χ1n) is 10.9. The Balaban J connectivity index is 3.87. The summed E-state index contributed by atoms with van der Waals surface area (Å²) in [5, 5.41) is 0. The molecule has 0 aliphatic heterocycles. The highest BCUT2D eigenvalue weighted by molar-refractivity contribution is 7.48. The summed E-state index contributed by atoms with van der Waals surface area (Å²) >= 11 is 0. The van der Waals surface area contributed by atoms with E-state index in [4.69, 9.17) is 5.73 Å². The monoisotopic (exact) mass is 451 g/mol. The van der Waals surface area contributed by atoms with Gasteiger partial charge < -0.3 is 10.3 Å². The normalized spacial score (nSPS) is 14.8. The fourth-order valence-corrected chi connectivity index (χ4v) is 3.06. The number of nitrogens with two attached hydrogens (primary N) is 1. The van der Waals surface area contributed by atoms with Crippen LogP contribution in [0.25, 0.3) is 0 Å². The first-order valence-corrected chi connectivity index (χ1v) is 12.4. The zero-order valence-corrected chi connectivity index (χ0v) is 19.5. The minimum atomic E-state index is -4.40. The van der Waals surface area contributed by atoms with Crippen molar-refractivity contribution < 1.29 is 23.3 Å². The van der Waals surface area contributed by atoms with Crippen molar-refractivity contribution in [2.24, 2.45) is 5.73 Å². The van der Waals surface area contributed by atoms with Crippen molar-refractivity contribution >= 4 is 13.8 Å². The molecule has 31 heavy (non-hydrogen) atoms. The smallest absolute Gasteiger partial charge is 0.367 e. The van der Waals surface area contributed by atoms with Gasteiger partial charge in [0.25, 0.3) is 0 Å². The summed E-state index contributed by atoms with van der Waals surface area (Å²) in [6.07, 6.45) is 31.9. The van der Waals surface area contributed by atoms with Crippen molar-refractivity contribution in [1.29, 1.82) is 0 Å². The molecule has 174 valence electrons. The van der Waals surface area contributed by atoms with Gasteiger partial charge in [0.05, 0.1) is 6.61 Å². The van der Waals surface area contributed by atoms with Crippen LogP contribution >= 0.6 is 7.82 Å². The summed E-state index contributed by atoms with van der Waals surface area (Å²) in [5.41, 5.74) is 5.14. The third-order valence-corrected chi connectivity index (χ3v) is 4.84. The second-order valence-electron chi connectivity index (χ2n) is 6.74. The Kier molecular flexibility index (Phi) is 19.9. The van der Waals surface area contributed by atoms with E-state index in [0.717, 1.165) is 12.5 Å². The van der Waals surface area contributed by atoms with Crippen LogP contribution in [-0.2, 0) is 18.4 Å². The van der Waals surface area contributed by atoms with Gasteiger partial charge in [-0.05, 0) is 12.8 Å². The van der Waals surface area contributed by atoms with Gasteiger partial charge >= 0.3 is 13.8 Å². The van der Waals surface area contributed by atoms with Gasteiger partial charge in [-0.15, -0.1) is 0 Å². The Morgan fingerprint density at radius 3 is 1.94 bits per heavy atom. The van der Waals surface area contributed by atoms with Crippen LogP contribution in [0.15, 0.2) is 72.9 Å². The zero-order valence-electron chi connectivity index (χ0n) is 18.6. The summed E-state index contributed by atoms with van der Waals surface area (Å²) < 4.78 is 20.1. The Morgan fingerprint density at radius 1 is 0.839 bits per heavy atom. The third kappa shape index (κ3) is 22.5. The maximum absolute atomic E-state index is 11.4. The lowest BCUT2D eigenvalue weighted by Crippen LogP contribution is -2.09. The molecule has 0 aromatic heterocycles. The molecule has 0 aliphatic carbocycles. The molecule has 0 aliphatic rings. The van der Waals surface area contributed by atoms with E-state index < -0.39 is 13.8 Å². The van der Waals surface area contributed by atoms with E-state index >= 15 is 0 Å². The minimum absolute atomic E-state index is 0.0489. The number of carbonyl (C=O) groups excluding carboxylic acids is 1. The summed E-state index contributed by atoms with van der Waals surface area (Å²) in [7, 11) is -4.40. The van der Waals surface area contributed by atoms with Gasteiger partial charge in [0, 0.05) is 12.6 Å². The van der Waals surface area contributed by atoms with Gasteiger partial charge in [0.2, 0.25) is 0 Å². The van der Waals surface area contributed by atoms with E-state index in [2.05, 4.69) is 28.1 Å². The topological polar surface area (TPSA) is 98.9 Å². The number of carbonyl (C=O) groups is 1. The third-order valence-electron chi connectivity index (χ3n) is 3.92. The van der Waals surface area contributed by atoms with E-state index in [1.807, 2.05) is 30.4 Å². The Labute approximate surface area is 187 Å². The van der Waals surface area contributed by atoms with Gasteiger partial charge in [0.1, 0.15) is 0 Å². The molecule has 0 rings (SSSR count). The van der Waals surface area contributed by atoms with Crippen molar-refractivity contribution in [2.45, 2.75) is 58.3 Å². The molecule has 6 nitrogen and oxygen atoms in total. The lowest BCUT2D eigenvalue weighted by atomic mass is 10.1. The highest BCUT2D eigenvalue weighted by Gasteiger charge is 2.24. The van der Waals surface area contributed by atoms with Crippen molar-refractivity contribution in [3.63, 3.8) is 0 Å². The highest BCUT2D eigenvalue weighted by Crippen LogP contribution is 2.43. The van der Waals surface area contributed by atoms with Crippen molar-refractivity contribution in [3.05, 3.63) is 72.9 Å².